The van der Waals surface area contributed by atoms with Crippen LogP contribution in [0.3, 0.4) is 0 Å². The Balaban J connectivity index is 1.68. The molecule has 1 N–H and O–H groups in total. The minimum absolute atomic E-state index is 0.00720. The third kappa shape index (κ3) is 4.49. The molecule has 3 aliphatic rings. The van der Waals surface area contributed by atoms with E-state index in [1.54, 1.807) is 42.5 Å². The Labute approximate surface area is 245 Å². The number of esters is 1. The van der Waals surface area contributed by atoms with Crippen molar-refractivity contribution in [3.8, 4) is 0 Å². The van der Waals surface area contributed by atoms with Gasteiger partial charge in [-0.15, -0.1) is 6.58 Å². The minimum Gasteiger partial charge on any atom is -0.461 e. The summed E-state index contributed by atoms with van der Waals surface area (Å²) < 4.78 is 12.3. The number of fused-ring (bicyclic) bond motifs is 1. The lowest BCUT2D eigenvalue weighted by molar-refractivity contribution is -0.161. The number of hydrogen-bond acceptors (Lipinski definition) is 6. The second kappa shape index (κ2) is 11.1. The van der Waals surface area contributed by atoms with Crippen molar-refractivity contribution in [3.05, 3.63) is 90.5 Å². The first-order valence-corrected chi connectivity index (χ1v) is 14.2. The van der Waals surface area contributed by atoms with Crippen LogP contribution >= 0.6 is 11.6 Å². The maximum absolute atomic E-state index is 14.8. The molecule has 0 aromatic heterocycles. The summed E-state index contributed by atoms with van der Waals surface area (Å²) in [6.07, 6.45) is 3.46. The van der Waals surface area contributed by atoms with E-state index in [0.717, 1.165) is 0 Å². The first-order valence-electron chi connectivity index (χ1n) is 13.8. The van der Waals surface area contributed by atoms with Gasteiger partial charge in [0.25, 0.3) is 5.91 Å². The minimum atomic E-state index is -1.31. The Morgan fingerprint density at radius 2 is 1.88 bits per heavy atom. The van der Waals surface area contributed by atoms with Crippen molar-refractivity contribution in [1.82, 2.24) is 4.90 Å². The first kappa shape index (κ1) is 29.0. The van der Waals surface area contributed by atoms with E-state index < -0.39 is 59.5 Å². The number of benzene rings is 2. The number of anilines is 1. The van der Waals surface area contributed by atoms with Crippen LogP contribution in [0.1, 0.15) is 31.9 Å². The molecule has 2 amide bonds. The fourth-order valence-corrected chi connectivity index (χ4v) is 7.26. The number of nitrogens with zero attached hydrogens (tertiary/aromatic N) is 2. The molecule has 3 unspecified atom stereocenters. The van der Waals surface area contributed by atoms with Crippen LogP contribution in [0.4, 0.5) is 5.69 Å². The van der Waals surface area contributed by atoms with Crippen molar-refractivity contribution in [2.75, 3.05) is 24.7 Å². The highest BCUT2D eigenvalue weighted by molar-refractivity contribution is 6.30. The summed E-state index contributed by atoms with van der Waals surface area (Å²) in [5.74, 6) is -3.43. The lowest BCUT2D eigenvalue weighted by atomic mass is 9.62. The lowest BCUT2D eigenvalue weighted by Crippen LogP contribution is -2.57. The largest absolute Gasteiger partial charge is 0.461 e. The zero-order valence-corrected chi connectivity index (χ0v) is 24.0. The third-order valence-electron chi connectivity index (χ3n) is 8.99. The molecule has 3 saturated heterocycles. The van der Waals surface area contributed by atoms with Gasteiger partial charge in [0.1, 0.15) is 24.2 Å². The van der Waals surface area contributed by atoms with Gasteiger partial charge in [0.05, 0.1) is 24.2 Å². The summed E-state index contributed by atoms with van der Waals surface area (Å²) >= 11 is 6.13. The molecule has 1 spiro atoms. The van der Waals surface area contributed by atoms with Gasteiger partial charge in [0, 0.05) is 17.3 Å². The SMILES string of the molecule is C=CCOC(=O)[C@@H]1[C@H]2C(=O)N([C@H](CO)c3ccccc3)C(C(=O)N(CC=C)c3ccc(Cl)cc3)C23CC(C)[C@@]1(C)O3. The van der Waals surface area contributed by atoms with Gasteiger partial charge in [0.2, 0.25) is 5.91 Å². The van der Waals surface area contributed by atoms with Crippen LogP contribution in [0.15, 0.2) is 79.9 Å². The number of carbonyl (C=O) groups is 3. The van der Waals surface area contributed by atoms with Gasteiger partial charge in [-0.3, -0.25) is 14.4 Å². The summed E-state index contributed by atoms with van der Waals surface area (Å²) in [4.78, 5) is 45.8. The van der Waals surface area contributed by atoms with E-state index in [1.165, 1.54) is 15.9 Å². The van der Waals surface area contributed by atoms with Crippen molar-refractivity contribution in [1.29, 1.82) is 0 Å². The molecule has 2 bridgehead atoms. The van der Waals surface area contributed by atoms with Crippen molar-refractivity contribution in [2.45, 2.75) is 43.6 Å². The summed E-state index contributed by atoms with van der Waals surface area (Å²) in [5.41, 5.74) is -1.10. The quantitative estimate of drug-likeness (QED) is 0.333. The molecule has 2 aromatic rings. The Hall–Kier alpha value is -3.46. The van der Waals surface area contributed by atoms with Gasteiger partial charge in [-0.25, -0.2) is 0 Å². The van der Waals surface area contributed by atoms with Crippen LogP contribution in [0.25, 0.3) is 0 Å². The van der Waals surface area contributed by atoms with Gasteiger partial charge < -0.3 is 24.4 Å². The van der Waals surface area contributed by atoms with E-state index in [1.807, 2.05) is 32.0 Å². The van der Waals surface area contributed by atoms with Crippen molar-refractivity contribution >= 4 is 35.1 Å². The Kier molecular flexibility index (Phi) is 7.85. The number of halogens is 1. The number of likely N-dealkylation sites (tertiary alicyclic amines) is 1. The number of aliphatic hydroxyl groups excluding tert-OH is 1. The van der Waals surface area contributed by atoms with Gasteiger partial charge in [-0.1, -0.05) is 67.6 Å². The van der Waals surface area contributed by atoms with Crippen LogP contribution in [0, 0.1) is 17.8 Å². The second-order valence-corrected chi connectivity index (χ2v) is 11.6. The predicted octanol–water partition coefficient (Wildman–Crippen LogP) is 4.33. The number of rotatable bonds is 10. The third-order valence-corrected chi connectivity index (χ3v) is 9.24. The molecular formula is C32H35ClN2O6. The summed E-state index contributed by atoms with van der Waals surface area (Å²) in [6, 6.07) is 13.9. The maximum atomic E-state index is 14.8. The molecule has 3 heterocycles. The van der Waals surface area contributed by atoms with Gasteiger partial charge >= 0.3 is 5.97 Å². The zero-order valence-electron chi connectivity index (χ0n) is 23.2. The van der Waals surface area contributed by atoms with E-state index in [4.69, 9.17) is 21.1 Å². The number of aliphatic hydroxyl groups is 1. The van der Waals surface area contributed by atoms with Crippen molar-refractivity contribution in [2.24, 2.45) is 17.8 Å². The standard InChI is InChI=1S/C32H35ClN2O6/c1-5-16-34(23-14-12-22(33)13-15-23)29(38)27-32-18-20(3)31(4,41-32)26(30(39)40-17-6-2)25(32)28(37)35(27)24(19-36)21-10-8-7-9-11-21/h5-15,20,24-27,36H,1-2,16-19H2,3-4H3/t20?,24-,25+,26+,27?,31-,32?/m1/s1. The van der Waals surface area contributed by atoms with Crippen LogP contribution in [0.2, 0.25) is 5.02 Å². The smallest absolute Gasteiger partial charge is 0.313 e. The van der Waals surface area contributed by atoms with E-state index in [-0.39, 0.29) is 19.1 Å². The topological polar surface area (TPSA) is 96.4 Å². The fourth-order valence-electron chi connectivity index (χ4n) is 7.13. The molecule has 0 aliphatic carbocycles. The van der Waals surface area contributed by atoms with Crippen molar-refractivity contribution < 1.29 is 29.0 Å². The van der Waals surface area contributed by atoms with Gasteiger partial charge in [-0.05, 0) is 49.1 Å². The molecule has 216 valence electrons. The molecule has 8 nitrogen and oxygen atoms in total. The average molecular weight is 579 g/mol. The molecule has 3 fully saturated rings. The molecule has 2 aromatic carbocycles. The van der Waals surface area contributed by atoms with Crippen LogP contribution < -0.4 is 4.90 Å². The number of hydrogen-bond donors (Lipinski definition) is 1. The maximum Gasteiger partial charge on any atom is 0.313 e. The van der Waals surface area contributed by atoms with Gasteiger partial charge in [-0.2, -0.15) is 0 Å². The Morgan fingerprint density at radius 3 is 2.49 bits per heavy atom. The molecule has 0 saturated carbocycles. The number of carbonyl (C=O) groups excluding carboxylic acids is 3. The van der Waals surface area contributed by atoms with E-state index in [2.05, 4.69) is 13.2 Å². The van der Waals surface area contributed by atoms with Gasteiger partial charge in [0.15, 0.2) is 0 Å². The molecule has 7 atom stereocenters. The lowest BCUT2D eigenvalue weighted by Gasteiger charge is -2.39. The monoisotopic (exact) mass is 578 g/mol. The van der Waals surface area contributed by atoms with Crippen LogP contribution in [-0.4, -0.2) is 64.8 Å². The number of ether oxygens (including phenoxy) is 2. The highest BCUT2D eigenvalue weighted by Crippen LogP contribution is 2.66. The van der Waals surface area contributed by atoms with Crippen LogP contribution in [0.5, 0.6) is 0 Å². The van der Waals surface area contributed by atoms with Crippen molar-refractivity contribution in [3.63, 3.8) is 0 Å². The highest BCUT2D eigenvalue weighted by atomic mass is 35.5. The molecule has 0 radical (unpaired) electrons. The molecule has 3 aliphatic heterocycles. The van der Waals surface area contributed by atoms with E-state index >= 15 is 0 Å². The molecule has 5 rings (SSSR count). The molecule has 41 heavy (non-hydrogen) atoms. The van der Waals surface area contributed by atoms with E-state index in [0.29, 0.717) is 22.7 Å². The van der Waals surface area contributed by atoms with E-state index in [9.17, 15) is 19.5 Å². The molecule has 9 heteroatoms. The first-order chi connectivity index (χ1) is 19.6. The average Bonchev–Trinajstić information content (AvgIpc) is 3.48. The zero-order chi connectivity index (χ0) is 29.5. The second-order valence-electron chi connectivity index (χ2n) is 11.2. The summed E-state index contributed by atoms with van der Waals surface area (Å²) in [6.45, 7) is 11.0. The Bertz CT molecular complexity index is 1350. The normalized spacial score (nSPS) is 30.5. The fraction of sp³-hybridized carbons (Fsp3) is 0.406. The number of amides is 2. The molecular weight excluding hydrogens is 544 g/mol. The van der Waals surface area contributed by atoms with Crippen LogP contribution in [-0.2, 0) is 23.9 Å². The summed E-state index contributed by atoms with van der Waals surface area (Å²) in [5, 5.41) is 11.2. The predicted molar refractivity (Wildman–Crippen MR) is 155 cm³/mol. The highest BCUT2D eigenvalue weighted by Gasteiger charge is 2.81. The summed E-state index contributed by atoms with van der Waals surface area (Å²) in [7, 11) is 0. The Morgan fingerprint density at radius 1 is 1.20 bits per heavy atom.